The maximum absolute atomic E-state index is 12.4. The van der Waals surface area contributed by atoms with Crippen molar-refractivity contribution in [2.45, 2.75) is 6.42 Å². The van der Waals surface area contributed by atoms with Crippen molar-refractivity contribution in [1.82, 2.24) is 9.88 Å². The van der Waals surface area contributed by atoms with Gasteiger partial charge in [-0.3, -0.25) is 9.78 Å². The van der Waals surface area contributed by atoms with E-state index in [1.54, 1.807) is 30.3 Å². The smallest absolute Gasteiger partial charge is 0.254 e. The second-order valence-electron chi connectivity index (χ2n) is 4.42. The molecule has 0 atom stereocenters. The number of carbonyl (C=O) groups excluding carboxylic acids is 1. The van der Waals surface area contributed by atoms with Gasteiger partial charge in [-0.15, -0.1) is 0 Å². The molecule has 0 aliphatic rings. The van der Waals surface area contributed by atoms with Gasteiger partial charge in [0.2, 0.25) is 0 Å². The summed E-state index contributed by atoms with van der Waals surface area (Å²) in [7, 11) is 1.79. The number of nitrogens with zero attached hydrogens (tertiary/aromatic N) is 2. The third-order valence-electron chi connectivity index (χ3n) is 2.94. The summed E-state index contributed by atoms with van der Waals surface area (Å²) >= 11 is 8.10. The highest BCUT2D eigenvalue weighted by atomic mass is 127. The Morgan fingerprint density at radius 1 is 1.35 bits per heavy atom. The average Bonchev–Trinajstić information content (AvgIpc) is 2.47. The summed E-state index contributed by atoms with van der Waals surface area (Å²) in [6.45, 7) is 0.623. The van der Waals surface area contributed by atoms with Crippen LogP contribution in [0.25, 0.3) is 0 Å². The first-order valence-corrected chi connectivity index (χ1v) is 7.64. The number of aromatic nitrogens is 1. The molecule has 2 aromatic rings. The molecule has 1 amide bonds. The van der Waals surface area contributed by atoms with Crippen molar-refractivity contribution in [2.24, 2.45) is 0 Å². The van der Waals surface area contributed by atoms with Gasteiger partial charge in [0.1, 0.15) is 0 Å². The lowest BCUT2D eigenvalue weighted by molar-refractivity contribution is 0.0795. The van der Waals surface area contributed by atoms with Crippen LogP contribution in [0.1, 0.15) is 16.1 Å². The van der Waals surface area contributed by atoms with Crippen LogP contribution in [0.5, 0.6) is 0 Å². The minimum atomic E-state index is -0.0205. The van der Waals surface area contributed by atoms with E-state index in [9.17, 15) is 4.79 Å². The first-order valence-electron chi connectivity index (χ1n) is 6.18. The maximum atomic E-state index is 12.4. The molecule has 104 valence electrons. The molecule has 1 heterocycles. The number of halogens is 2. The zero-order chi connectivity index (χ0) is 14.5. The first-order chi connectivity index (χ1) is 9.58. The molecule has 0 fully saturated rings. The van der Waals surface area contributed by atoms with E-state index in [1.165, 1.54) is 0 Å². The van der Waals surface area contributed by atoms with E-state index in [0.29, 0.717) is 17.1 Å². The summed E-state index contributed by atoms with van der Waals surface area (Å²) in [4.78, 5) is 18.3. The van der Waals surface area contributed by atoms with Gasteiger partial charge < -0.3 is 4.90 Å². The molecule has 0 unspecified atom stereocenters. The second-order valence-corrected chi connectivity index (χ2v) is 6.02. The predicted octanol–water partition coefficient (Wildman–Crippen LogP) is 3.65. The van der Waals surface area contributed by atoms with Gasteiger partial charge in [0, 0.05) is 40.5 Å². The summed E-state index contributed by atoms with van der Waals surface area (Å²) in [5, 5.41) is 0.576. The number of benzene rings is 1. The Labute approximate surface area is 137 Å². The lowest BCUT2D eigenvalue weighted by Gasteiger charge is -2.18. The van der Waals surface area contributed by atoms with Gasteiger partial charge in [-0.2, -0.15) is 0 Å². The van der Waals surface area contributed by atoms with Gasteiger partial charge in [0.15, 0.2) is 0 Å². The fourth-order valence-electron chi connectivity index (χ4n) is 1.80. The topological polar surface area (TPSA) is 33.2 Å². The Bertz CT molecular complexity index is 604. The van der Waals surface area contributed by atoms with Crippen LogP contribution in [0.4, 0.5) is 0 Å². The lowest BCUT2D eigenvalue weighted by Crippen LogP contribution is -2.29. The molecule has 0 saturated heterocycles. The SMILES string of the molecule is CN(CCc1ccccn1)C(=O)c1cc(Cl)ccc1I. The average molecular weight is 401 g/mol. The highest BCUT2D eigenvalue weighted by Crippen LogP contribution is 2.19. The van der Waals surface area contributed by atoms with Crippen LogP contribution in [0, 0.1) is 3.57 Å². The highest BCUT2D eigenvalue weighted by molar-refractivity contribution is 14.1. The molecule has 0 spiro atoms. The first kappa shape index (κ1) is 15.3. The predicted molar refractivity (Wildman–Crippen MR) is 89.1 cm³/mol. The van der Waals surface area contributed by atoms with Crippen molar-refractivity contribution in [3.63, 3.8) is 0 Å². The Morgan fingerprint density at radius 2 is 2.15 bits per heavy atom. The van der Waals surface area contributed by atoms with E-state index < -0.39 is 0 Å². The number of amides is 1. The molecule has 1 aromatic carbocycles. The maximum Gasteiger partial charge on any atom is 0.254 e. The van der Waals surface area contributed by atoms with E-state index in [-0.39, 0.29) is 5.91 Å². The van der Waals surface area contributed by atoms with Crippen LogP contribution in [-0.4, -0.2) is 29.4 Å². The molecular weight excluding hydrogens is 387 g/mol. The standard InChI is InChI=1S/C15H14ClIN2O/c1-19(9-7-12-4-2-3-8-18-12)15(20)13-10-11(16)5-6-14(13)17/h2-6,8,10H,7,9H2,1H3. The fourth-order valence-corrected chi connectivity index (χ4v) is 2.54. The van der Waals surface area contributed by atoms with Crippen molar-refractivity contribution in [1.29, 1.82) is 0 Å². The summed E-state index contributed by atoms with van der Waals surface area (Å²) in [6.07, 6.45) is 2.50. The molecular formula is C15H14ClIN2O. The minimum absolute atomic E-state index is 0.0205. The van der Waals surface area contributed by atoms with Gasteiger partial charge in [-0.25, -0.2) is 0 Å². The normalized spacial score (nSPS) is 10.3. The third-order valence-corrected chi connectivity index (χ3v) is 4.11. The summed E-state index contributed by atoms with van der Waals surface area (Å²) in [6, 6.07) is 11.1. The molecule has 2 rings (SSSR count). The number of rotatable bonds is 4. The van der Waals surface area contributed by atoms with E-state index >= 15 is 0 Å². The monoisotopic (exact) mass is 400 g/mol. The third kappa shape index (κ3) is 3.93. The Balaban J connectivity index is 2.03. The van der Waals surface area contributed by atoms with E-state index in [1.807, 2.05) is 24.3 Å². The fraction of sp³-hybridized carbons (Fsp3) is 0.200. The summed E-state index contributed by atoms with van der Waals surface area (Å²) in [5.74, 6) is -0.0205. The number of pyridine rings is 1. The van der Waals surface area contributed by atoms with Crippen molar-refractivity contribution in [3.8, 4) is 0 Å². The van der Waals surface area contributed by atoms with Crippen LogP contribution in [-0.2, 0) is 6.42 Å². The zero-order valence-electron chi connectivity index (χ0n) is 11.0. The molecule has 0 N–H and O–H groups in total. The minimum Gasteiger partial charge on any atom is -0.341 e. The van der Waals surface area contributed by atoms with Crippen LogP contribution in [0.15, 0.2) is 42.6 Å². The van der Waals surface area contributed by atoms with Crippen LogP contribution < -0.4 is 0 Å². The molecule has 20 heavy (non-hydrogen) atoms. The van der Waals surface area contributed by atoms with Crippen LogP contribution in [0.3, 0.4) is 0 Å². The molecule has 0 bridgehead atoms. The molecule has 0 radical (unpaired) electrons. The van der Waals surface area contributed by atoms with Gasteiger partial charge in [0.05, 0.1) is 5.56 Å². The van der Waals surface area contributed by atoms with E-state index in [0.717, 1.165) is 15.7 Å². The van der Waals surface area contributed by atoms with Crippen molar-refractivity contribution < 1.29 is 4.79 Å². The molecule has 1 aromatic heterocycles. The Hall–Kier alpha value is -1.14. The second kappa shape index (κ2) is 7.04. The molecule has 5 heteroatoms. The molecule has 0 aliphatic carbocycles. The number of hydrogen-bond donors (Lipinski definition) is 0. The quantitative estimate of drug-likeness (QED) is 0.734. The van der Waals surface area contributed by atoms with E-state index in [4.69, 9.17) is 11.6 Å². The van der Waals surface area contributed by atoms with Crippen molar-refractivity contribution >= 4 is 40.1 Å². The highest BCUT2D eigenvalue weighted by Gasteiger charge is 2.15. The number of hydrogen-bond acceptors (Lipinski definition) is 2. The van der Waals surface area contributed by atoms with Gasteiger partial charge in [0.25, 0.3) is 5.91 Å². The molecule has 0 aliphatic heterocycles. The molecule has 0 saturated carbocycles. The number of likely N-dealkylation sites (N-methyl/N-ethyl adjacent to an activating group) is 1. The Morgan fingerprint density at radius 3 is 2.85 bits per heavy atom. The largest absolute Gasteiger partial charge is 0.341 e. The lowest BCUT2D eigenvalue weighted by atomic mass is 10.2. The molecule has 3 nitrogen and oxygen atoms in total. The van der Waals surface area contributed by atoms with E-state index in [2.05, 4.69) is 27.6 Å². The van der Waals surface area contributed by atoms with Gasteiger partial charge in [-0.1, -0.05) is 17.7 Å². The van der Waals surface area contributed by atoms with Crippen molar-refractivity contribution in [3.05, 3.63) is 62.4 Å². The summed E-state index contributed by atoms with van der Waals surface area (Å²) < 4.78 is 0.904. The van der Waals surface area contributed by atoms with Gasteiger partial charge in [-0.05, 0) is 52.9 Å². The Kier molecular flexibility index (Phi) is 5.37. The summed E-state index contributed by atoms with van der Waals surface area (Å²) in [5.41, 5.74) is 1.62. The number of carbonyl (C=O) groups is 1. The van der Waals surface area contributed by atoms with Crippen LogP contribution >= 0.6 is 34.2 Å². The van der Waals surface area contributed by atoms with Crippen LogP contribution in [0.2, 0.25) is 5.02 Å². The van der Waals surface area contributed by atoms with Gasteiger partial charge >= 0.3 is 0 Å². The van der Waals surface area contributed by atoms with Crippen molar-refractivity contribution in [2.75, 3.05) is 13.6 Å². The zero-order valence-corrected chi connectivity index (χ0v) is 13.9.